The summed E-state index contributed by atoms with van der Waals surface area (Å²) in [7, 11) is 0. The average molecular weight is 256 g/mol. The zero-order valence-corrected chi connectivity index (χ0v) is 11.8. The molecule has 0 fully saturated rings. The van der Waals surface area contributed by atoms with Gasteiger partial charge in [-0.2, -0.15) is 11.8 Å². The number of rotatable bonds is 7. The van der Waals surface area contributed by atoms with Crippen LogP contribution < -0.4 is 5.73 Å². The number of carbonyl (C=O) groups is 1. The molecule has 0 saturated heterocycles. The highest BCUT2D eigenvalue weighted by molar-refractivity contribution is 7.99. The molecule has 0 heterocycles. The Kier molecular flexibility index (Phi) is 6.66. The molecule has 0 radical (unpaired) electrons. The SMILES string of the molecule is CCN(C(=O)CSCCC(C)N)C1=CCCC1. The van der Waals surface area contributed by atoms with Gasteiger partial charge in [-0.3, -0.25) is 4.79 Å². The average Bonchev–Trinajstić information content (AvgIpc) is 2.79. The number of amides is 1. The van der Waals surface area contributed by atoms with Crippen LogP contribution in [-0.4, -0.2) is 34.9 Å². The molecule has 0 aromatic heterocycles. The molecule has 3 nitrogen and oxygen atoms in total. The van der Waals surface area contributed by atoms with Crippen LogP contribution in [0.3, 0.4) is 0 Å². The van der Waals surface area contributed by atoms with Crippen LogP contribution in [0.5, 0.6) is 0 Å². The van der Waals surface area contributed by atoms with Gasteiger partial charge in [0, 0.05) is 18.3 Å². The Hall–Kier alpha value is -0.480. The maximum Gasteiger partial charge on any atom is 0.236 e. The molecule has 1 rings (SSSR count). The predicted molar refractivity (Wildman–Crippen MR) is 74.9 cm³/mol. The third-order valence-corrected chi connectivity index (χ3v) is 3.90. The molecule has 0 spiro atoms. The van der Waals surface area contributed by atoms with E-state index in [0.29, 0.717) is 5.75 Å². The summed E-state index contributed by atoms with van der Waals surface area (Å²) in [6.07, 6.45) is 6.55. The van der Waals surface area contributed by atoms with Crippen molar-refractivity contribution in [2.45, 2.75) is 45.6 Å². The van der Waals surface area contributed by atoms with E-state index in [1.165, 1.54) is 12.1 Å². The van der Waals surface area contributed by atoms with Gasteiger partial charge in [0.1, 0.15) is 0 Å². The smallest absolute Gasteiger partial charge is 0.236 e. The third kappa shape index (κ3) is 5.13. The second-order valence-corrected chi connectivity index (χ2v) is 5.65. The molecular formula is C13H24N2OS. The first-order valence-electron chi connectivity index (χ1n) is 6.47. The van der Waals surface area contributed by atoms with Crippen molar-refractivity contribution in [1.29, 1.82) is 0 Å². The molecule has 0 saturated carbocycles. The molecular weight excluding hydrogens is 232 g/mol. The lowest BCUT2D eigenvalue weighted by molar-refractivity contribution is -0.126. The van der Waals surface area contributed by atoms with Gasteiger partial charge in [0.05, 0.1) is 5.75 Å². The highest BCUT2D eigenvalue weighted by Gasteiger charge is 2.18. The lowest BCUT2D eigenvalue weighted by atomic mass is 10.3. The van der Waals surface area contributed by atoms with Crippen molar-refractivity contribution in [3.05, 3.63) is 11.8 Å². The number of nitrogens with two attached hydrogens (primary N) is 1. The molecule has 2 N–H and O–H groups in total. The number of carbonyl (C=O) groups excluding carboxylic acids is 1. The molecule has 17 heavy (non-hydrogen) atoms. The Labute approximate surface area is 109 Å². The first-order valence-corrected chi connectivity index (χ1v) is 7.63. The maximum absolute atomic E-state index is 12.0. The first kappa shape index (κ1) is 14.6. The first-order chi connectivity index (χ1) is 8.15. The molecule has 0 bridgehead atoms. The molecule has 98 valence electrons. The van der Waals surface area contributed by atoms with Gasteiger partial charge in [0.25, 0.3) is 0 Å². The Bertz CT molecular complexity index is 277. The van der Waals surface area contributed by atoms with Crippen molar-refractivity contribution in [2.24, 2.45) is 5.73 Å². The van der Waals surface area contributed by atoms with E-state index in [9.17, 15) is 4.79 Å². The number of thioether (sulfide) groups is 1. The maximum atomic E-state index is 12.0. The molecule has 0 aromatic rings. The van der Waals surface area contributed by atoms with Gasteiger partial charge in [-0.15, -0.1) is 0 Å². The van der Waals surface area contributed by atoms with Gasteiger partial charge >= 0.3 is 0 Å². The molecule has 1 aliphatic carbocycles. The van der Waals surface area contributed by atoms with Crippen molar-refractivity contribution >= 4 is 17.7 Å². The summed E-state index contributed by atoms with van der Waals surface area (Å²) in [4.78, 5) is 14.0. The fourth-order valence-corrected chi connectivity index (χ4v) is 2.96. The molecule has 1 unspecified atom stereocenters. The quantitative estimate of drug-likeness (QED) is 0.711. The minimum absolute atomic E-state index is 0.234. The Morgan fingerprint density at radius 2 is 2.41 bits per heavy atom. The second-order valence-electron chi connectivity index (χ2n) is 4.54. The number of allylic oxidation sites excluding steroid dienone is 2. The number of nitrogens with zero attached hydrogens (tertiary/aromatic N) is 1. The van der Waals surface area contributed by atoms with Crippen LogP contribution in [0.2, 0.25) is 0 Å². The van der Waals surface area contributed by atoms with E-state index >= 15 is 0 Å². The fraction of sp³-hybridized carbons (Fsp3) is 0.769. The predicted octanol–water partition coefficient (Wildman–Crippen LogP) is 2.37. The standard InChI is InChI=1S/C13H24N2OS/c1-3-15(12-6-4-5-7-12)13(16)10-17-9-8-11(2)14/h6,11H,3-5,7-10,14H2,1-2H3. The van der Waals surface area contributed by atoms with Crippen LogP contribution in [0.15, 0.2) is 11.8 Å². The lowest BCUT2D eigenvalue weighted by Gasteiger charge is -2.22. The summed E-state index contributed by atoms with van der Waals surface area (Å²) in [6.45, 7) is 4.84. The molecule has 0 aromatic carbocycles. The molecule has 1 aliphatic rings. The van der Waals surface area contributed by atoms with E-state index in [0.717, 1.165) is 31.6 Å². The van der Waals surface area contributed by atoms with Crippen molar-refractivity contribution in [1.82, 2.24) is 4.90 Å². The van der Waals surface area contributed by atoms with Crippen LogP contribution in [0.1, 0.15) is 39.5 Å². The highest BCUT2D eigenvalue weighted by atomic mass is 32.2. The van der Waals surface area contributed by atoms with E-state index in [4.69, 9.17) is 5.73 Å². The second kappa shape index (κ2) is 7.77. The number of hydrogen-bond acceptors (Lipinski definition) is 3. The summed E-state index contributed by atoms with van der Waals surface area (Å²) in [5.41, 5.74) is 6.90. The van der Waals surface area contributed by atoms with E-state index in [1.807, 2.05) is 18.7 Å². The minimum Gasteiger partial charge on any atom is -0.328 e. The van der Waals surface area contributed by atoms with Gasteiger partial charge < -0.3 is 10.6 Å². The lowest BCUT2D eigenvalue weighted by Crippen LogP contribution is -2.31. The van der Waals surface area contributed by atoms with Crippen LogP contribution >= 0.6 is 11.8 Å². The van der Waals surface area contributed by atoms with Gasteiger partial charge in [-0.05, 0) is 45.3 Å². The Balaban J connectivity index is 2.29. The van der Waals surface area contributed by atoms with Gasteiger partial charge in [-0.1, -0.05) is 6.08 Å². The Morgan fingerprint density at radius 1 is 1.65 bits per heavy atom. The van der Waals surface area contributed by atoms with Gasteiger partial charge in [0.15, 0.2) is 0 Å². The highest BCUT2D eigenvalue weighted by Crippen LogP contribution is 2.22. The van der Waals surface area contributed by atoms with Crippen LogP contribution in [0.4, 0.5) is 0 Å². The molecule has 0 aliphatic heterocycles. The van der Waals surface area contributed by atoms with Crippen LogP contribution in [0.25, 0.3) is 0 Å². The van der Waals surface area contributed by atoms with Crippen molar-refractivity contribution < 1.29 is 4.79 Å². The summed E-state index contributed by atoms with van der Waals surface area (Å²) < 4.78 is 0. The summed E-state index contributed by atoms with van der Waals surface area (Å²) in [5, 5.41) is 0. The molecule has 1 atom stereocenters. The third-order valence-electron chi connectivity index (χ3n) is 2.92. The fourth-order valence-electron chi connectivity index (χ4n) is 1.95. The topological polar surface area (TPSA) is 46.3 Å². The van der Waals surface area contributed by atoms with E-state index in [-0.39, 0.29) is 11.9 Å². The normalized spacial score (nSPS) is 16.8. The largest absolute Gasteiger partial charge is 0.328 e. The van der Waals surface area contributed by atoms with Crippen molar-refractivity contribution in [3.63, 3.8) is 0 Å². The van der Waals surface area contributed by atoms with Crippen molar-refractivity contribution in [2.75, 3.05) is 18.1 Å². The summed E-state index contributed by atoms with van der Waals surface area (Å²) in [5.74, 6) is 1.80. The van der Waals surface area contributed by atoms with Crippen molar-refractivity contribution in [3.8, 4) is 0 Å². The van der Waals surface area contributed by atoms with Crippen LogP contribution in [0, 0.1) is 0 Å². The monoisotopic (exact) mass is 256 g/mol. The molecule has 1 amide bonds. The Morgan fingerprint density at radius 3 is 2.94 bits per heavy atom. The zero-order chi connectivity index (χ0) is 12.7. The van der Waals surface area contributed by atoms with Crippen LogP contribution in [-0.2, 0) is 4.79 Å². The zero-order valence-electron chi connectivity index (χ0n) is 10.9. The summed E-state index contributed by atoms with van der Waals surface area (Å²) >= 11 is 1.69. The van der Waals surface area contributed by atoms with E-state index < -0.39 is 0 Å². The number of hydrogen-bond donors (Lipinski definition) is 1. The minimum atomic E-state index is 0.234. The van der Waals surface area contributed by atoms with Gasteiger partial charge in [-0.25, -0.2) is 0 Å². The van der Waals surface area contributed by atoms with Gasteiger partial charge in [0.2, 0.25) is 5.91 Å². The molecule has 4 heteroatoms. The van der Waals surface area contributed by atoms with E-state index in [1.54, 1.807) is 11.8 Å². The van der Waals surface area contributed by atoms with E-state index in [2.05, 4.69) is 6.08 Å². The summed E-state index contributed by atoms with van der Waals surface area (Å²) in [6, 6.07) is 0.234.